The van der Waals surface area contributed by atoms with Crippen LogP contribution in [0.4, 0.5) is 8.78 Å². The molecule has 0 aromatic carbocycles. The Labute approximate surface area is 131 Å². The van der Waals surface area contributed by atoms with Crippen molar-refractivity contribution < 1.29 is 13.6 Å². The molecule has 2 saturated heterocycles. The number of nitrogens with one attached hydrogen (secondary N) is 1. The molecule has 1 amide bonds. The average Bonchev–Trinajstić information content (AvgIpc) is 3.18. The Hall–Kier alpha value is -1.19. The molecular formula is C13H19F2N5OS. The van der Waals surface area contributed by atoms with Crippen LogP contribution in [-0.2, 0) is 11.3 Å². The molecule has 2 aliphatic rings. The Morgan fingerprint density at radius 1 is 1.41 bits per heavy atom. The van der Waals surface area contributed by atoms with Gasteiger partial charge in [-0.25, -0.2) is 4.98 Å². The van der Waals surface area contributed by atoms with Gasteiger partial charge in [-0.15, -0.1) is 11.8 Å². The van der Waals surface area contributed by atoms with Gasteiger partial charge in [0.25, 0.3) is 0 Å². The molecular weight excluding hydrogens is 312 g/mol. The van der Waals surface area contributed by atoms with Crippen molar-refractivity contribution in [2.75, 3.05) is 37.8 Å². The predicted molar refractivity (Wildman–Crippen MR) is 79.6 cm³/mol. The van der Waals surface area contributed by atoms with Crippen LogP contribution in [0.3, 0.4) is 0 Å². The summed E-state index contributed by atoms with van der Waals surface area (Å²) in [6, 6.07) is -0.0747. The Balaban J connectivity index is 1.51. The van der Waals surface area contributed by atoms with Gasteiger partial charge in [-0.1, -0.05) is 0 Å². The number of hydrogen-bond acceptors (Lipinski definition) is 5. The second kappa shape index (κ2) is 6.93. The summed E-state index contributed by atoms with van der Waals surface area (Å²) in [4.78, 5) is 20.2. The number of rotatable bonds is 4. The highest BCUT2D eigenvalue weighted by Gasteiger charge is 2.29. The monoisotopic (exact) mass is 331 g/mol. The van der Waals surface area contributed by atoms with Crippen LogP contribution in [0.2, 0.25) is 0 Å². The molecule has 2 fully saturated rings. The number of alkyl halides is 2. The summed E-state index contributed by atoms with van der Waals surface area (Å²) < 4.78 is 26.5. The van der Waals surface area contributed by atoms with Crippen molar-refractivity contribution >= 4 is 17.7 Å². The molecule has 0 saturated carbocycles. The molecule has 9 heteroatoms. The maximum Gasteiger partial charge on any atom is 0.319 e. The van der Waals surface area contributed by atoms with E-state index < -0.39 is 6.55 Å². The fraction of sp³-hybridized carbons (Fsp3) is 0.692. The average molecular weight is 331 g/mol. The lowest BCUT2D eigenvalue weighted by Crippen LogP contribution is -2.53. The van der Waals surface area contributed by atoms with Crippen molar-refractivity contribution in [1.82, 2.24) is 24.7 Å². The van der Waals surface area contributed by atoms with Gasteiger partial charge in [0.05, 0.1) is 12.6 Å². The van der Waals surface area contributed by atoms with Crippen LogP contribution in [0.5, 0.6) is 0 Å². The van der Waals surface area contributed by atoms with E-state index >= 15 is 0 Å². The highest BCUT2D eigenvalue weighted by molar-refractivity contribution is 7.99. The smallest absolute Gasteiger partial charge is 0.319 e. The second-order valence-electron chi connectivity index (χ2n) is 5.40. The predicted octanol–water partition coefficient (Wildman–Crippen LogP) is 0.585. The first kappa shape index (κ1) is 15.7. The topological polar surface area (TPSA) is 53.4 Å². The minimum absolute atomic E-state index is 0.0747. The molecule has 1 aromatic heterocycles. The number of nitrogens with zero attached hydrogens (tertiary/aromatic N) is 4. The van der Waals surface area contributed by atoms with Crippen LogP contribution in [0.1, 0.15) is 12.4 Å². The van der Waals surface area contributed by atoms with Crippen LogP contribution in [0, 0.1) is 0 Å². The molecule has 0 spiro atoms. The lowest BCUT2D eigenvalue weighted by atomic mass is 10.2. The molecule has 122 valence electrons. The number of hydrogen-bond donors (Lipinski definition) is 1. The van der Waals surface area contributed by atoms with Crippen LogP contribution in [-0.4, -0.2) is 69.1 Å². The first-order chi connectivity index (χ1) is 10.6. The third-order valence-electron chi connectivity index (χ3n) is 4.02. The number of piperazine rings is 1. The zero-order valence-electron chi connectivity index (χ0n) is 12.1. The first-order valence-corrected chi connectivity index (χ1v) is 8.43. The third kappa shape index (κ3) is 3.41. The minimum atomic E-state index is -2.56. The van der Waals surface area contributed by atoms with Gasteiger partial charge in [0.1, 0.15) is 5.82 Å². The quantitative estimate of drug-likeness (QED) is 0.875. The summed E-state index contributed by atoms with van der Waals surface area (Å²) in [5, 5.41) is 3.18. The fourth-order valence-corrected chi connectivity index (χ4v) is 3.68. The van der Waals surface area contributed by atoms with Crippen molar-refractivity contribution in [3.8, 4) is 0 Å². The molecule has 0 unspecified atom stereocenters. The van der Waals surface area contributed by atoms with E-state index in [0.717, 1.165) is 16.2 Å². The molecule has 0 bridgehead atoms. The number of imidazole rings is 1. The molecule has 2 aliphatic heterocycles. The summed E-state index contributed by atoms with van der Waals surface area (Å²) in [7, 11) is 0. The number of amides is 1. The lowest BCUT2D eigenvalue weighted by molar-refractivity contribution is -0.134. The van der Waals surface area contributed by atoms with Crippen molar-refractivity contribution in [3.63, 3.8) is 0 Å². The number of carbonyl (C=O) groups excluding carboxylic acids is 1. The molecule has 1 N–H and O–H groups in total. The van der Waals surface area contributed by atoms with Gasteiger partial charge in [-0.05, 0) is 0 Å². The summed E-state index contributed by atoms with van der Waals surface area (Å²) >= 11 is 1.73. The SMILES string of the molecule is O=C([C@@H]1CSCN1)N1CCN(Cc2nccn2C(F)F)CC1. The van der Waals surface area contributed by atoms with Gasteiger partial charge in [0.15, 0.2) is 0 Å². The number of halogens is 2. The zero-order valence-corrected chi connectivity index (χ0v) is 12.9. The van der Waals surface area contributed by atoms with Crippen molar-refractivity contribution in [2.24, 2.45) is 0 Å². The van der Waals surface area contributed by atoms with E-state index in [4.69, 9.17) is 0 Å². The number of thioether (sulfide) groups is 1. The van der Waals surface area contributed by atoms with Gasteiger partial charge in [-0.3, -0.25) is 19.6 Å². The minimum Gasteiger partial charge on any atom is -0.339 e. The van der Waals surface area contributed by atoms with E-state index in [1.54, 1.807) is 11.8 Å². The molecule has 1 atom stereocenters. The second-order valence-corrected chi connectivity index (χ2v) is 6.43. The summed E-state index contributed by atoms with van der Waals surface area (Å²) in [6.07, 6.45) is 2.69. The number of aromatic nitrogens is 2. The largest absolute Gasteiger partial charge is 0.339 e. The maximum absolute atomic E-state index is 12.8. The van der Waals surface area contributed by atoms with Gasteiger partial charge in [-0.2, -0.15) is 8.78 Å². The van der Waals surface area contributed by atoms with Crippen LogP contribution < -0.4 is 5.32 Å². The third-order valence-corrected chi connectivity index (χ3v) is 4.96. The van der Waals surface area contributed by atoms with Crippen LogP contribution in [0.15, 0.2) is 12.4 Å². The Kier molecular flexibility index (Phi) is 4.94. The molecule has 22 heavy (non-hydrogen) atoms. The molecule has 0 aliphatic carbocycles. The zero-order chi connectivity index (χ0) is 15.5. The molecule has 1 aromatic rings. The van der Waals surface area contributed by atoms with E-state index in [-0.39, 0.29) is 11.9 Å². The highest BCUT2D eigenvalue weighted by Crippen LogP contribution is 2.16. The van der Waals surface area contributed by atoms with Gasteiger partial charge in [0, 0.05) is 50.2 Å². The van der Waals surface area contributed by atoms with E-state index in [9.17, 15) is 13.6 Å². The van der Waals surface area contributed by atoms with Gasteiger partial charge < -0.3 is 4.90 Å². The molecule has 3 heterocycles. The van der Waals surface area contributed by atoms with Crippen molar-refractivity contribution in [2.45, 2.75) is 19.1 Å². The summed E-state index contributed by atoms with van der Waals surface area (Å²) in [5.74, 6) is 2.17. The highest BCUT2D eigenvalue weighted by atomic mass is 32.2. The van der Waals surface area contributed by atoms with Crippen molar-refractivity contribution in [3.05, 3.63) is 18.2 Å². The van der Waals surface area contributed by atoms with E-state index in [1.165, 1.54) is 12.4 Å². The van der Waals surface area contributed by atoms with Crippen LogP contribution >= 0.6 is 11.8 Å². The molecule has 3 rings (SSSR count). The van der Waals surface area contributed by atoms with Crippen molar-refractivity contribution in [1.29, 1.82) is 0 Å². The summed E-state index contributed by atoms with van der Waals surface area (Å²) in [5.41, 5.74) is 0. The van der Waals surface area contributed by atoms with E-state index in [0.29, 0.717) is 38.5 Å². The Morgan fingerprint density at radius 2 is 2.18 bits per heavy atom. The van der Waals surface area contributed by atoms with Crippen LogP contribution in [0.25, 0.3) is 0 Å². The first-order valence-electron chi connectivity index (χ1n) is 7.27. The fourth-order valence-electron chi connectivity index (χ4n) is 2.74. The van der Waals surface area contributed by atoms with E-state index in [2.05, 4.69) is 15.2 Å². The Bertz CT molecular complexity index is 512. The summed E-state index contributed by atoms with van der Waals surface area (Å²) in [6.45, 7) is 0.459. The lowest BCUT2D eigenvalue weighted by Gasteiger charge is -2.35. The molecule has 6 nitrogen and oxygen atoms in total. The standard InChI is InChI=1S/C13H19F2N5OS/c14-13(15)20-2-1-16-11(20)7-18-3-5-19(6-4-18)12(21)10-8-22-9-17-10/h1-2,10,13,17H,3-9H2/t10-/m0/s1. The van der Waals surface area contributed by atoms with Gasteiger partial charge >= 0.3 is 6.55 Å². The maximum atomic E-state index is 12.8. The Morgan fingerprint density at radius 3 is 2.82 bits per heavy atom. The molecule has 0 radical (unpaired) electrons. The normalized spacial score (nSPS) is 23.4. The number of carbonyl (C=O) groups is 1. The van der Waals surface area contributed by atoms with E-state index in [1.807, 2.05) is 4.90 Å². The van der Waals surface area contributed by atoms with Gasteiger partial charge in [0.2, 0.25) is 5.91 Å².